The molecular weight excluding hydrogens is 650 g/mol. The highest BCUT2D eigenvalue weighted by molar-refractivity contribution is 7.61. The monoisotopic (exact) mass is 676 g/mol. The normalized spacial score (nSPS) is 30.4. The Hall–Kier alpha value is -3.28. The lowest BCUT2D eigenvalue weighted by atomic mass is 10.1. The summed E-state index contributed by atoms with van der Waals surface area (Å²) < 4.78 is 54.0. The molecule has 2 fully saturated rings. The lowest BCUT2D eigenvalue weighted by Crippen LogP contribution is -2.36. The number of imidazole rings is 2. The fraction of sp³-hybridized carbons (Fsp3) is 0.500. The molecule has 10 N–H and O–H groups in total. The maximum Gasteiger partial charge on any atom is 0.484 e. The fourth-order valence-electron chi connectivity index (χ4n) is 4.95. The SMILES string of the molecule is Nc1ncnc2c1ncn2[C@@H]1O[C@H](COP(=O)(O[C@H]2[C@@H](O)[C@H](n3cnc4c(N)ncnc43)O[C@@H]2CO)OP(=O)(O)O)[C@@H](O)[C@H]1O. The molecule has 2 aliphatic heterocycles. The van der Waals surface area contributed by atoms with Gasteiger partial charge in [-0.25, -0.2) is 39.0 Å². The summed E-state index contributed by atoms with van der Waals surface area (Å²) in [7, 11) is -11.0. The van der Waals surface area contributed by atoms with Crippen molar-refractivity contribution in [3.8, 4) is 0 Å². The summed E-state index contributed by atoms with van der Waals surface area (Å²) in [5, 5.41) is 42.3. The molecule has 4 aromatic heterocycles. The Morgan fingerprint density at radius 1 is 0.800 bits per heavy atom. The second-order valence-electron chi connectivity index (χ2n) is 9.84. The highest BCUT2D eigenvalue weighted by Gasteiger charge is 2.52. The molecule has 244 valence electrons. The van der Waals surface area contributed by atoms with E-state index in [4.69, 9.17) is 30.0 Å². The van der Waals surface area contributed by atoms with Gasteiger partial charge in [0.25, 0.3) is 0 Å². The maximum absolute atomic E-state index is 13.6. The molecule has 6 heterocycles. The third-order valence-corrected chi connectivity index (χ3v) is 9.62. The molecule has 0 bridgehead atoms. The molecule has 0 amide bonds. The molecule has 4 aromatic rings. The van der Waals surface area contributed by atoms with Gasteiger partial charge in [0.15, 0.2) is 35.4 Å². The number of hydrogen-bond acceptors (Lipinski definition) is 19. The quantitative estimate of drug-likeness (QED) is 0.0793. The van der Waals surface area contributed by atoms with Gasteiger partial charge in [0, 0.05) is 0 Å². The van der Waals surface area contributed by atoms with Gasteiger partial charge in [0.2, 0.25) is 0 Å². The van der Waals surface area contributed by atoms with E-state index < -0.39 is 77.9 Å². The number of ether oxygens (including phenoxy) is 2. The van der Waals surface area contributed by atoms with E-state index in [2.05, 4.69) is 34.2 Å². The largest absolute Gasteiger partial charge is 0.484 e. The van der Waals surface area contributed by atoms with Crippen LogP contribution < -0.4 is 11.5 Å². The predicted molar refractivity (Wildman–Crippen MR) is 144 cm³/mol. The molecule has 1 unspecified atom stereocenters. The number of hydrogen-bond donors (Lipinski definition) is 8. The highest BCUT2D eigenvalue weighted by atomic mass is 31.3. The average molecular weight is 676 g/mol. The zero-order chi connectivity index (χ0) is 32.3. The van der Waals surface area contributed by atoms with E-state index in [9.17, 15) is 39.3 Å². The van der Waals surface area contributed by atoms with Crippen molar-refractivity contribution in [3.63, 3.8) is 0 Å². The van der Waals surface area contributed by atoms with Crippen molar-refractivity contribution < 1.29 is 62.2 Å². The average Bonchev–Trinajstić information content (AvgIpc) is 3.73. The molecule has 9 atom stereocenters. The maximum atomic E-state index is 13.6. The summed E-state index contributed by atoms with van der Waals surface area (Å²) in [4.78, 5) is 42.8. The van der Waals surface area contributed by atoms with Crippen molar-refractivity contribution >= 4 is 49.6 Å². The van der Waals surface area contributed by atoms with Crippen LogP contribution >= 0.6 is 15.6 Å². The van der Waals surface area contributed by atoms with Gasteiger partial charge in [-0.1, -0.05) is 0 Å². The molecule has 45 heavy (non-hydrogen) atoms. The number of fused-ring (bicyclic) bond motifs is 2. The first kappa shape index (κ1) is 31.7. The Morgan fingerprint density at radius 3 is 1.87 bits per heavy atom. The molecule has 0 aromatic carbocycles. The second-order valence-corrected chi connectivity index (χ2v) is 12.8. The van der Waals surface area contributed by atoms with Gasteiger partial charge in [-0.05, 0) is 0 Å². The van der Waals surface area contributed by atoms with Crippen molar-refractivity contribution in [2.24, 2.45) is 0 Å². The van der Waals surface area contributed by atoms with Crippen LogP contribution in [0.2, 0.25) is 0 Å². The Labute approximate surface area is 250 Å². The highest BCUT2D eigenvalue weighted by Crippen LogP contribution is 2.63. The molecule has 2 aliphatic rings. The fourth-order valence-corrected chi connectivity index (χ4v) is 7.29. The summed E-state index contributed by atoms with van der Waals surface area (Å²) in [5.41, 5.74) is 12.2. The number of phosphoric acid groups is 2. The number of nitrogen functional groups attached to an aromatic ring is 2. The van der Waals surface area contributed by atoms with Crippen LogP contribution in [0, 0.1) is 0 Å². The van der Waals surface area contributed by atoms with Gasteiger partial charge in [-0.3, -0.25) is 18.2 Å². The van der Waals surface area contributed by atoms with Crippen molar-refractivity contribution in [1.29, 1.82) is 0 Å². The molecule has 0 spiro atoms. The predicted octanol–water partition coefficient (Wildman–Crippen LogP) is -2.68. The molecule has 25 heteroatoms. The van der Waals surface area contributed by atoms with Gasteiger partial charge >= 0.3 is 15.6 Å². The molecular formula is C20H26N10O13P2. The first-order chi connectivity index (χ1) is 21.3. The topological polar surface area (TPSA) is 341 Å². The number of aliphatic hydroxyl groups is 4. The summed E-state index contributed by atoms with van der Waals surface area (Å²) in [6.07, 6.45) is -7.80. The Kier molecular flexibility index (Phi) is 8.33. The molecule has 0 radical (unpaired) electrons. The second kappa shape index (κ2) is 11.8. The smallest absolute Gasteiger partial charge is 0.394 e. The first-order valence-electron chi connectivity index (χ1n) is 12.8. The van der Waals surface area contributed by atoms with E-state index in [-0.39, 0.29) is 34.0 Å². The van der Waals surface area contributed by atoms with Crippen molar-refractivity contribution in [2.75, 3.05) is 24.7 Å². The van der Waals surface area contributed by atoms with E-state index in [1.54, 1.807) is 0 Å². The molecule has 6 rings (SSSR count). The number of nitrogens with zero attached hydrogens (tertiary/aromatic N) is 8. The van der Waals surface area contributed by atoms with Crippen LogP contribution in [0.3, 0.4) is 0 Å². The van der Waals surface area contributed by atoms with Crippen molar-refractivity contribution in [2.45, 2.75) is 49.1 Å². The number of anilines is 2. The molecule has 0 saturated carbocycles. The van der Waals surface area contributed by atoms with Gasteiger partial charge < -0.3 is 51.2 Å². The van der Waals surface area contributed by atoms with E-state index >= 15 is 0 Å². The number of nitrogens with two attached hydrogens (primary N) is 2. The Balaban J connectivity index is 1.21. The third-order valence-electron chi connectivity index (χ3n) is 7.00. The molecule has 0 aliphatic carbocycles. The van der Waals surface area contributed by atoms with Crippen molar-refractivity contribution in [3.05, 3.63) is 25.3 Å². The summed E-state index contributed by atoms with van der Waals surface area (Å²) in [6, 6.07) is 0. The first-order valence-corrected chi connectivity index (χ1v) is 15.8. The third kappa shape index (κ3) is 5.90. The van der Waals surface area contributed by atoms with Crippen LogP contribution in [0.4, 0.5) is 11.6 Å². The summed E-state index contributed by atoms with van der Waals surface area (Å²) >= 11 is 0. The van der Waals surface area contributed by atoms with Crippen LogP contribution in [0.15, 0.2) is 25.3 Å². The number of phosphoric ester groups is 1. The minimum Gasteiger partial charge on any atom is -0.394 e. The standard InChI is InChI=1S/C20H26N10O13P2/c21-15-9-17(25-3-23-15)29(5-27-9)19-12(33)11(32)8(41-19)2-39-45(38,43-44(35,36)37)42-14-7(1-31)40-20(13(14)34)30-6-28-10-16(22)24-4-26-18(10)30/h3-8,11-14,19-20,31-34H,1-2H2,(H2,21,23,25)(H2,22,24,26)(H2,35,36,37)/t7-,8-,11-,12-,13-,14-,19-,20-,45?/m1/s1. The van der Waals surface area contributed by atoms with E-state index in [1.165, 1.54) is 21.8 Å². The number of aliphatic hydroxyl groups excluding tert-OH is 4. The van der Waals surface area contributed by atoms with Crippen LogP contribution in [-0.2, 0) is 32.0 Å². The van der Waals surface area contributed by atoms with Crippen LogP contribution in [0.1, 0.15) is 12.5 Å². The summed E-state index contributed by atoms with van der Waals surface area (Å²) in [5.74, 6) is 0.0625. The number of aromatic nitrogens is 8. The van der Waals surface area contributed by atoms with E-state index in [0.717, 1.165) is 12.7 Å². The van der Waals surface area contributed by atoms with Gasteiger partial charge in [-0.2, -0.15) is 4.31 Å². The lowest BCUT2D eigenvalue weighted by molar-refractivity contribution is -0.0583. The zero-order valence-electron chi connectivity index (χ0n) is 22.5. The number of rotatable bonds is 10. The molecule has 23 nitrogen and oxygen atoms in total. The van der Waals surface area contributed by atoms with E-state index in [0.29, 0.717) is 0 Å². The van der Waals surface area contributed by atoms with Crippen molar-refractivity contribution in [1.82, 2.24) is 39.0 Å². The minimum absolute atomic E-state index is 0.0213. The van der Waals surface area contributed by atoms with Gasteiger partial charge in [0.1, 0.15) is 60.3 Å². The van der Waals surface area contributed by atoms with Gasteiger partial charge in [0.05, 0.1) is 25.9 Å². The zero-order valence-corrected chi connectivity index (χ0v) is 24.3. The Bertz CT molecular complexity index is 1800. The lowest BCUT2D eigenvalue weighted by Gasteiger charge is -2.26. The van der Waals surface area contributed by atoms with Gasteiger partial charge in [-0.15, -0.1) is 0 Å². The van der Waals surface area contributed by atoms with E-state index in [1.807, 2.05) is 0 Å². The Morgan fingerprint density at radius 2 is 1.33 bits per heavy atom. The van der Waals surface area contributed by atoms with Crippen LogP contribution in [0.25, 0.3) is 22.3 Å². The van der Waals surface area contributed by atoms with Crippen LogP contribution in [0.5, 0.6) is 0 Å². The minimum atomic E-state index is -5.60. The van der Waals surface area contributed by atoms with Crippen LogP contribution in [-0.4, -0.2) is 119 Å². The summed E-state index contributed by atoms with van der Waals surface area (Å²) in [6.45, 7) is -1.75. The molecule has 2 saturated heterocycles.